The molecule has 0 fully saturated rings. The number of aliphatic hydroxyl groups is 2. The quantitative estimate of drug-likeness (QED) is 0.0426. The molecule has 0 rings (SSSR count). The van der Waals surface area contributed by atoms with Crippen molar-refractivity contribution in [3.63, 3.8) is 0 Å². The molecule has 0 radical (unpaired) electrons. The summed E-state index contributed by atoms with van der Waals surface area (Å²) in [5.41, 5.74) is 0. The van der Waals surface area contributed by atoms with Crippen LogP contribution in [0, 0.1) is 0 Å². The molecule has 3 N–H and O–H groups in total. The molecule has 0 heterocycles. The van der Waals surface area contributed by atoms with Crippen molar-refractivity contribution in [2.75, 3.05) is 6.61 Å². The molecule has 0 aromatic carbocycles. The molecule has 4 heteroatoms. The van der Waals surface area contributed by atoms with Gasteiger partial charge in [0.05, 0.1) is 18.8 Å². The molecule has 0 saturated heterocycles. The van der Waals surface area contributed by atoms with Gasteiger partial charge in [-0.1, -0.05) is 263 Å². The van der Waals surface area contributed by atoms with Gasteiger partial charge in [0.25, 0.3) is 0 Å². The second-order valence-electron chi connectivity index (χ2n) is 17.2. The van der Waals surface area contributed by atoms with Crippen molar-refractivity contribution in [2.24, 2.45) is 0 Å². The van der Waals surface area contributed by atoms with Crippen LogP contribution in [-0.2, 0) is 4.79 Å². The smallest absolute Gasteiger partial charge is 0.220 e. The topological polar surface area (TPSA) is 69.6 Å². The number of unbranched alkanes of at least 4 members (excludes halogenated alkanes) is 37. The van der Waals surface area contributed by atoms with Gasteiger partial charge >= 0.3 is 0 Å². The fourth-order valence-electron chi connectivity index (χ4n) is 7.84. The second kappa shape index (κ2) is 47.2. The van der Waals surface area contributed by atoms with E-state index in [4.69, 9.17) is 0 Å². The lowest BCUT2D eigenvalue weighted by molar-refractivity contribution is -0.123. The third-order valence-electron chi connectivity index (χ3n) is 11.7. The third kappa shape index (κ3) is 43.8. The number of rotatable bonds is 46. The minimum Gasteiger partial charge on any atom is -0.394 e. The van der Waals surface area contributed by atoms with Crippen LogP contribution in [0.5, 0.6) is 0 Å². The molecule has 0 aliphatic heterocycles. The van der Waals surface area contributed by atoms with Gasteiger partial charge in [-0.25, -0.2) is 0 Å². The van der Waals surface area contributed by atoms with Crippen molar-refractivity contribution < 1.29 is 15.0 Å². The van der Waals surface area contributed by atoms with Crippen molar-refractivity contribution in [1.82, 2.24) is 5.32 Å². The molecule has 0 aliphatic carbocycles. The first-order valence-electron chi connectivity index (χ1n) is 25.1. The van der Waals surface area contributed by atoms with Crippen molar-refractivity contribution >= 4 is 5.91 Å². The van der Waals surface area contributed by atoms with Gasteiger partial charge in [-0.05, 0) is 32.1 Å². The van der Waals surface area contributed by atoms with Crippen LogP contribution in [0.25, 0.3) is 0 Å². The maximum Gasteiger partial charge on any atom is 0.220 e. The molecule has 2 unspecified atom stereocenters. The fraction of sp³-hybridized carbons (Fsp3) is 0.902. The van der Waals surface area contributed by atoms with Crippen molar-refractivity contribution in [2.45, 2.75) is 289 Å². The Bertz CT molecular complexity index is 795. The minimum absolute atomic E-state index is 0.0704. The molecule has 55 heavy (non-hydrogen) atoms. The number of hydrogen-bond acceptors (Lipinski definition) is 3. The van der Waals surface area contributed by atoms with Crippen LogP contribution in [0.2, 0.25) is 0 Å². The Balaban J connectivity index is 3.50. The van der Waals surface area contributed by atoms with Gasteiger partial charge < -0.3 is 15.5 Å². The zero-order valence-corrected chi connectivity index (χ0v) is 37.5. The summed E-state index contributed by atoms with van der Waals surface area (Å²) in [6.45, 7) is 4.32. The summed E-state index contributed by atoms with van der Waals surface area (Å²) in [5, 5.41) is 23.0. The third-order valence-corrected chi connectivity index (χ3v) is 11.7. The maximum absolute atomic E-state index is 12.4. The van der Waals surface area contributed by atoms with E-state index in [1.165, 1.54) is 225 Å². The molecule has 0 aliphatic rings. The largest absolute Gasteiger partial charge is 0.394 e. The van der Waals surface area contributed by atoms with E-state index in [0.717, 1.165) is 32.1 Å². The summed E-state index contributed by atoms with van der Waals surface area (Å²) in [6, 6.07) is -0.635. The molecule has 4 nitrogen and oxygen atoms in total. The van der Waals surface area contributed by atoms with Crippen molar-refractivity contribution in [1.29, 1.82) is 0 Å². The lowest BCUT2D eigenvalue weighted by Crippen LogP contribution is -2.45. The Morgan fingerprint density at radius 1 is 0.418 bits per heavy atom. The Morgan fingerprint density at radius 3 is 1.05 bits per heavy atom. The highest BCUT2D eigenvalue weighted by atomic mass is 16.3. The van der Waals surface area contributed by atoms with E-state index >= 15 is 0 Å². The Labute approximate surface area is 345 Å². The number of carbonyl (C=O) groups excluding carboxylic acids is 1. The van der Waals surface area contributed by atoms with E-state index in [1.807, 2.05) is 6.08 Å². The summed E-state index contributed by atoms with van der Waals surface area (Å²) in [4.78, 5) is 12.4. The summed E-state index contributed by atoms with van der Waals surface area (Å²) < 4.78 is 0. The number of hydrogen-bond donors (Lipinski definition) is 3. The van der Waals surface area contributed by atoms with Crippen LogP contribution in [-0.4, -0.2) is 34.9 Å². The second-order valence-corrected chi connectivity index (χ2v) is 17.2. The first kappa shape index (κ1) is 53.9. The highest BCUT2D eigenvalue weighted by Crippen LogP contribution is 2.17. The van der Waals surface area contributed by atoms with Crippen LogP contribution in [0.4, 0.5) is 0 Å². The van der Waals surface area contributed by atoms with Crippen LogP contribution in [0.3, 0.4) is 0 Å². The summed E-state index contributed by atoms with van der Waals surface area (Å²) in [7, 11) is 0. The predicted octanol–water partition coefficient (Wildman–Crippen LogP) is 16.0. The summed E-state index contributed by atoms with van der Waals surface area (Å²) in [5.74, 6) is -0.0704. The molecule has 0 spiro atoms. The zero-order valence-electron chi connectivity index (χ0n) is 37.5. The van der Waals surface area contributed by atoms with E-state index in [9.17, 15) is 15.0 Å². The predicted molar refractivity (Wildman–Crippen MR) is 244 cm³/mol. The number of carbonyl (C=O) groups is 1. The number of allylic oxidation sites excluding steroid dienone is 3. The lowest BCUT2D eigenvalue weighted by atomic mass is 10.0. The average molecular weight is 774 g/mol. The highest BCUT2D eigenvalue weighted by Gasteiger charge is 2.17. The van der Waals surface area contributed by atoms with Crippen LogP contribution in [0.15, 0.2) is 24.3 Å². The first-order valence-corrected chi connectivity index (χ1v) is 25.1. The maximum atomic E-state index is 12.4. The van der Waals surface area contributed by atoms with E-state index in [0.29, 0.717) is 6.42 Å². The molecular formula is C51H99NO3. The molecule has 0 aromatic heterocycles. The molecule has 326 valence electrons. The van der Waals surface area contributed by atoms with E-state index < -0.39 is 12.1 Å². The summed E-state index contributed by atoms with van der Waals surface area (Å²) >= 11 is 0. The van der Waals surface area contributed by atoms with Crippen molar-refractivity contribution in [3.8, 4) is 0 Å². The van der Waals surface area contributed by atoms with Gasteiger partial charge in [-0.2, -0.15) is 0 Å². The molecule has 2 atom stereocenters. The first-order chi connectivity index (χ1) is 27.2. The molecule has 0 aromatic rings. The molecule has 0 saturated carbocycles. The SMILES string of the molecule is CCCCCCCCCCCCCCCCCCCCCCCCC/C=C/CC/C=C/C(O)C(CO)NC(=O)CCCCCCCCCCCCCCCC. The highest BCUT2D eigenvalue weighted by molar-refractivity contribution is 5.76. The van der Waals surface area contributed by atoms with Crippen molar-refractivity contribution in [3.05, 3.63) is 24.3 Å². The molecular weight excluding hydrogens is 675 g/mol. The van der Waals surface area contributed by atoms with Gasteiger partial charge in [-0.3, -0.25) is 4.79 Å². The number of nitrogens with one attached hydrogen (secondary N) is 1. The Kier molecular flexibility index (Phi) is 46.3. The zero-order chi connectivity index (χ0) is 40.0. The average Bonchev–Trinajstić information content (AvgIpc) is 3.19. The van der Waals surface area contributed by atoms with E-state index in [-0.39, 0.29) is 12.5 Å². The van der Waals surface area contributed by atoms with Gasteiger partial charge in [0.1, 0.15) is 0 Å². The standard InChI is InChI=1S/C51H99NO3/c1-3-5-7-9-11-13-15-17-19-20-21-22-23-24-25-26-27-28-29-30-31-32-33-34-36-38-40-42-44-46-50(54)49(48-53)52-51(55)47-45-43-41-39-37-35-18-16-14-12-10-8-6-4-2/h36,38,44,46,49-50,53-54H,3-35,37,39-43,45,47-48H2,1-2H3,(H,52,55)/b38-36+,46-44+. The van der Waals surface area contributed by atoms with Gasteiger partial charge in [-0.15, -0.1) is 0 Å². The van der Waals surface area contributed by atoms with E-state index in [2.05, 4.69) is 31.3 Å². The number of amides is 1. The van der Waals surface area contributed by atoms with Gasteiger partial charge in [0, 0.05) is 6.42 Å². The molecule has 1 amide bonds. The normalized spacial score (nSPS) is 13.0. The Morgan fingerprint density at radius 2 is 0.709 bits per heavy atom. The molecule has 0 bridgehead atoms. The number of aliphatic hydroxyl groups excluding tert-OH is 2. The summed E-state index contributed by atoms with van der Waals surface area (Å²) in [6.07, 6.45) is 61.8. The lowest BCUT2D eigenvalue weighted by Gasteiger charge is -2.19. The van der Waals surface area contributed by atoms with Crippen LogP contribution in [0.1, 0.15) is 277 Å². The van der Waals surface area contributed by atoms with Crippen LogP contribution >= 0.6 is 0 Å². The van der Waals surface area contributed by atoms with Gasteiger partial charge in [0.2, 0.25) is 5.91 Å². The fourth-order valence-corrected chi connectivity index (χ4v) is 7.84. The Hall–Kier alpha value is -1.13. The monoisotopic (exact) mass is 774 g/mol. The van der Waals surface area contributed by atoms with Crippen LogP contribution < -0.4 is 5.32 Å². The van der Waals surface area contributed by atoms with E-state index in [1.54, 1.807) is 6.08 Å². The van der Waals surface area contributed by atoms with Gasteiger partial charge in [0.15, 0.2) is 0 Å². The minimum atomic E-state index is -0.858.